The summed E-state index contributed by atoms with van der Waals surface area (Å²) in [6.45, 7) is 6.81. The summed E-state index contributed by atoms with van der Waals surface area (Å²) in [6.07, 6.45) is 5.13. The van der Waals surface area contributed by atoms with Crippen molar-refractivity contribution in [3.05, 3.63) is 29.3 Å². The van der Waals surface area contributed by atoms with E-state index >= 15 is 0 Å². The summed E-state index contributed by atoms with van der Waals surface area (Å²) in [7, 11) is -3.61. The average molecular weight is 436 g/mol. The van der Waals surface area contributed by atoms with Gasteiger partial charge in [0.05, 0.1) is 12.3 Å². The van der Waals surface area contributed by atoms with Crippen molar-refractivity contribution >= 4 is 27.5 Å². The Kier molecular flexibility index (Phi) is 6.57. The van der Waals surface area contributed by atoms with E-state index in [1.54, 1.807) is 13.8 Å². The molecule has 0 bridgehead atoms. The van der Waals surface area contributed by atoms with Crippen molar-refractivity contribution in [1.82, 2.24) is 9.62 Å². The molecule has 1 aliphatic carbocycles. The average Bonchev–Trinajstić information content (AvgIpc) is 2.71. The summed E-state index contributed by atoms with van der Waals surface area (Å²) in [5.74, 6) is -0.780. The predicted octanol–water partition coefficient (Wildman–Crippen LogP) is 2.51. The molecular weight excluding hydrogens is 402 g/mol. The summed E-state index contributed by atoms with van der Waals surface area (Å²) >= 11 is 0. The number of anilines is 1. The molecule has 2 amide bonds. The smallest absolute Gasteiger partial charge is 0.247 e. The summed E-state index contributed by atoms with van der Waals surface area (Å²) < 4.78 is 26.3. The van der Waals surface area contributed by atoms with Gasteiger partial charge in [-0.05, 0) is 57.7 Å². The summed E-state index contributed by atoms with van der Waals surface area (Å²) in [6, 6.07) is 5.72. The third-order valence-electron chi connectivity index (χ3n) is 6.54. The quantitative estimate of drug-likeness (QED) is 0.770. The van der Waals surface area contributed by atoms with Crippen LogP contribution in [0.3, 0.4) is 0 Å². The van der Waals surface area contributed by atoms with Gasteiger partial charge in [0.2, 0.25) is 21.8 Å². The number of hydrogen-bond acceptors (Lipinski definition) is 4. The van der Waals surface area contributed by atoms with Crippen molar-refractivity contribution in [1.29, 1.82) is 0 Å². The third kappa shape index (κ3) is 4.25. The molecule has 7 nitrogen and oxygen atoms in total. The minimum atomic E-state index is -3.61. The van der Waals surface area contributed by atoms with Crippen LogP contribution in [0.25, 0.3) is 0 Å². The Morgan fingerprint density at radius 3 is 2.50 bits per heavy atom. The molecule has 0 radical (unpaired) electrons. The lowest BCUT2D eigenvalue weighted by atomic mass is 9.90. The van der Waals surface area contributed by atoms with E-state index in [-0.39, 0.29) is 36.7 Å². The first-order chi connectivity index (χ1) is 14.1. The van der Waals surface area contributed by atoms with Gasteiger partial charge in [-0.2, -0.15) is 4.31 Å². The number of nitrogens with one attached hydrogen (secondary N) is 1. The minimum Gasteiger partial charge on any atom is -0.351 e. The van der Waals surface area contributed by atoms with Crippen molar-refractivity contribution in [2.75, 3.05) is 23.7 Å². The van der Waals surface area contributed by atoms with Gasteiger partial charge < -0.3 is 5.32 Å². The first kappa shape index (κ1) is 22.7. The first-order valence-corrected chi connectivity index (χ1v) is 12.4. The molecule has 1 N–H and O–H groups in total. The second kappa shape index (κ2) is 8.67. The minimum absolute atomic E-state index is 0.0547. The van der Waals surface area contributed by atoms with Gasteiger partial charge in [0, 0.05) is 18.3 Å². The topological polar surface area (TPSA) is 86.8 Å². The Labute approximate surface area is 179 Å². The fourth-order valence-corrected chi connectivity index (χ4v) is 5.61. The molecule has 1 aliphatic heterocycles. The molecule has 2 fully saturated rings. The molecular formula is C22H33N3O4S. The normalized spacial score (nSPS) is 24.1. The van der Waals surface area contributed by atoms with Gasteiger partial charge >= 0.3 is 0 Å². The molecule has 0 spiro atoms. The number of aryl methyl sites for hydroxylation is 1. The molecule has 2 aliphatic rings. The fourth-order valence-electron chi connectivity index (χ4n) is 4.49. The van der Waals surface area contributed by atoms with Gasteiger partial charge in [-0.3, -0.25) is 14.5 Å². The maximum absolute atomic E-state index is 13.5. The van der Waals surface area contributed by atoms with Gasteiger partial charge in [-0.25, -0.2) is 8.42 Å². The molecule has 0 aromatic heterocycles. The Hall–Kier alpha value is -1.93. The van der Waals surface area contributed by atoms with E-state index in [4.69, 9.17) is 0 Å². The highest BCUT2D eigenvalue weighted by Gasteiger charge is 2.51. The molecule has 166 valence electrons. The van der Waals surface area contributed by atoms with Crippen LogP contribution < -0.4 is 10.2 Å². The second-order valence-corrected chi connectivity index (χ2v) is 11.0. The maximum atomic E-state index is 13.5. The van der Waals surface area contributed by atoms with Gasteiger partial charge in [0.1, 0.15) is 5.54 Å². The Morgan fingerprint density at radius 1 is 1.20 bits per heavy atom. The largest absolute Gasteiger partial charge is 0.351 e. The Morgan fingerprint density at radius 2 is 1.87 bits per heavy atom. The molecule has 1 saturated carbocycles. The van der Waals surface area contributed by atoms with Crippen LogP contribution in [0.2, 0.25) is 0 Å². The van der Waals surface area contributed by atoms with Crippen LogP contribution in [-0.4, -0.2) is 55.0 Å². The van der Waals surface area contributed by atoms with E-state index < -0.39 is 15.6 Å². The monoisotopic (exact) mass is 435 g/mol. The van der Waals surface area contributed by atoms with E-state index in [0.717, 1.165) is 41.1 Å². The summed E-state index contributed by atoms with van der Waals surface area (Å²) in [5.41, 5.74) is 1.26. The highest BCUT2D eigenvalue weighted by atomic mass is 32.2. The number of sulfonamides is 1. The second-order valence-electron chi connectivity index (χ2n) is 8.70. The van der Waals surface area contributed by atoms with E-state index in [9.17, 15) is 18.0 Å². The van der Waals surface area contributed by atoms with Crippen LogP contribution in [0.15, 0.2) is 18.2 Å². The standard InChI is InChI=1S/C22H33N3O4S/c1-5-30(28,29)24-14-20(26)25(19-13-9-10-16(2)17(19)3)22(4,15-24)21(27)23-18-11-7-6-8-12-18/h9-10,13,18H,5-8,11-12,14-15H2,1-4H3,(H,23,27). The summed E-state index contributed by atoms with van der Waals surface area (Å²) in [4.78, 5) is 28.4. The number of rotatable bonds is 5. The number of benzene rings is 1. The molecule has 1 heterocycles. The van der Waals surface area contributed by atoms with Crippen molar-refractivity contribution in [2.45, 2.75) is 71.4 Å². The number of carbonyl (C=O) groups is 2. The molecule has 1 aromatic rings. The van der Waals surface area contributed by atoms with E-state index in [1.165, 1.54) is 11.3 Å². The number of amides is 2. The third-order valence-corrected chi connectivity index (χ3v) is 8.32. The number of nitrogens with zero attached hydrogens (tertiary/aromatic N) is 2. The van der Waals surface area contributed by atoms with Gasteiger partial charge in [0.25, 0.3) is 0 Å². The van der Waals surface area contributed by atoms with Gasteiger partial charge in [0.15, 0.2) is 0 Å². The van der Waals surface area contributed by atoms with Crippen LogP contribution in [0.1, 0.15) is 57.1 Å². The van der Waals surface area contributed by atoms with Crippen LogP contribution in [0.5, 0.6) is 0 Å². The Balaban J connectivity index is 2.03. The van der Waals surface area contributed by atoms with Gasteiger partial charge in [-0.1, -0.05) is 31.4 Å². The van der Waals surface area contributed by atoms with Crippen LogP contribution in [-0.2, 0) is 19.6 Å². The van der Waals surface area contributed by atoms with Crippen molar-refractivity contribution in [3.63, 3.8) is 0 Å². The number of carbonyl (C=O) groups excluding carboxylic acids is 2. The van der Waals surface area contributed by atoms with E-state index in [2.05, 4.69) is 5.32 Å². The highest BCUT2D eigenvalue weighted by molar-refractivity contribution is 7.89. The lowest BCUT2D eigenvalue weighted by Crippen LogP contribution is -2.71. The lowest BCUT2D eigenvalue weighted by Gasteiger charge is -2.47. The predicted molar refractivity (Wildman–Crippen MR) is 118 cm³/mol. The number of piperazine rings is 1. The van der Waals surface area contributed by atoms with Crippen molar-refractivity contribution < 1.29 is 18.0 Å². The molecule has 8 heteroatoms. The van der Waals surface area contributed by atoms with Crippen LogP contribution in [0.4, 0.5) is 5.69 Å². The zero-order valence-corrected chi connectivity index (χ0v) is 19.2. The zero-order chi connectivity index (χ0) is 22.1. The fraction of sp³-hybridized carbons (Fsp3) is 0.636. The molecule has 3 rings (SSSR count). The van der Waals surface area contributed by atoms with Crippen LogP contribution >= 0.6 is 0 Å². The number of hydrogen-bond donors (Lipinski definition) is 1. The summed E-state index contributed by atoms with van der Waals surface area (Å²) in [5, 5.41) is 3.12. The van der Waals surface area contributed by atoms with Crippen molar-refractivity contribution in [2.24, 2.45) is 0 Å². The Bertz CT molecular complexity index is 924. The highest BCUT2D eigenvalue weighted by Crippen LogP contribution is 2.34. The van der Waals surface area contributed by atoms with Crippen molar-refractivity contribution in [3.8, 4) is 0 Å². The van der Waals surface area contributed by atoms with E-state index in [0.29, 0.717) is 5.69 Å². The molecule has 1 unspecified atom stereocenters. The van der Waals surface area contributed by atoms with Gasteiger partial charge in [-0.15, -0.1) is 0 Å². The van der Waals surface area contributed by atoms with E-state index in [1.807, 2.05) is 32.0 Å². The first-order valence-electron chi connectivity index (χ1n) is 10.8. The molecule has 1 aromatic carbocycles. The maximum Gasteiger partial charge on any atom is 0.247 e. The lowest BCUT2D eigenvalue weighted by molar-refractivity contribution is -0.133. The van der Waals surface area contributed by atoms with Crippen LogP contribution in [0, 0.1) is 13.8 Å². The molecule has 1 atom stereocenters. The molecule has 1 saturated heterocycles. The SMILES string of the molecule is CCS(=O)(=O)N1CC(=O)N(c2cccc(C)c2C)C(C)(C(=O)NC2CCCCC2)C1. The molecule has 30 heavy (non-hydrogen) atoms. The zero-order valence-electron chi connectivity index (χ0n) is 18.4.